The smallest absolute Gasteiger partial charge is 0.337 e. The fourth-order valence-electron chi connectivity index (χ4n) is 3.55. The number of esters is 1. The Hall–Kier alpha value is -2.86. The van der Waals surface area contributed by atoms with Crippen LogP contribution in [0.15, 0.2) is 48.5 Å². The normalized spacial score (nSPS) is 14.3. The quantitative estimate of drug-likeness (QED) is 0.707. The van der Waals surface area contributed by atoms with Crippen LogP contribution in [0.2, 0.25) is 5.02 Å². The lowest BCUT2D eigenvalue weighted by Crippen LogP contribution is -2.41. The van der Waals surface area contributed by atoms with E-state index in [1.165, 1.54) is 13.2 Å². The molecule has 1 fully saturated rings. The molecule has 158 valence electrons. The third-order valence-corrected chi connectivity index (χ3v) is 5.66. The molecule has 0 unspecified atom stereocenters. The van der Waals surface area contributed by atoms with Crippen molar-refractivity contribution in [1.29, 1.82) is 0 Å². The molecule has 0 saturated carbocycles. The van der Waals surface area contributed by atoms with Gasteiger partial charge in [0.1, 0.15) is 0 Å². The number of carbonyl (C=O) groups excluding carboxylic acids is 3. The molecular weight excluding hydrogens is 404 g/mol. The maximum atomic E-state index is 12.7. The van der Waals surface area contributed by atoms with Gasteiger partial charge in [0.15, 0.2) is 0 Å². The molecule has 1 N–H and O–H groups in total. The van der Waals surface area contributed by atoms with Crippen molar-refractivity contribution in [2.75, 3.05) is 25.5 Å². The minimum atomic E-state index is -0.496. The molecule has 1 saturated heterocycles. The van der Waals surface area contributed by atoms with E-state index in [1.807, 2.05) is 35.2 Å². The predicted octanol–water partition coefficient (Wildman–Crippen LogP) is 3.94. The summed E-state index contributed by atoms with van der Waals surface area (Å²) >= 11 is 6.16. The minimum absolute atomic E-state index is 0.117. The average Bonchev–Trinajstić information content (AvgIpc) is 2.79. The van der Waals surface area contributed by atoms with E-state index in [4.69, 9.17) is 16.3 Å². The van der Waals surface area contributed by atoms with Crippen LogP contribution >= 0.6 is 11.6 Å². The molecule has 6 nitrogen and oxygen atoms in total. The van der Waals surface area contributed by atoms with Gasteiger partial charge < -0.3 is 15.0 Å². The van der Waals surface area contributed by atoms with Crippen LogP contribution < -0.4 is 5.32 Å². The van der Waals surface area contributed by atoms with Crippen molar-refractivity contribution in [3.63, 3.8) is 0 Å². The topological polar surface area (TPSA) is 75.7 Å². The third kappa shape index (κ3) is 5.60. The lowest BCUT2D eigenvalue weighted by Gasteiger charge is -2.31. The zero-order valence-corrected chi connectivity index (χ0v) is 17.7. The van der Waals surface area contributed by atoms with Crippen LogP contribution in [-0.2, 0) is 20.7 Å². The van der Waals surface area contributed by atoms with Crippen LogP contribution in [0.4, 0.5) is 5.69 Å². The van der Waals surface area contributed by atoms with Gasteiger partial charge >= 0.3 is 5.97 Å². The number of halogens is 1. The molecule has 0 spiro atoms. The maximum Gasteiger partial charge on any atom is 0.337 e. The van der Waals surface area contributed by atoms with Crippen LogP contribution in [0.1, 0.15) is 35.2 Å². The van der Waals surface area contributed by atoms with Crippen molar-refractivity contribution in [1.82, 2.24) is 4.90 Å². The van der Waals surface area contributed by atoms with E-state index in [-0.39, 0.29) is 17.7 Å². The zero-order valence-electron chi connectivity index (χ0n) is 16.9. The first kappa shape index (κ1) is 21.8. The van der Waals surface area contributed by atoms with Gasteiger partial charge in [-0.25, -0.2) is 4.79 Å². The Bertz CT molecular complexity index is 909. The van der Waals surface area contributed by atoms with Gasteiger partial charge in [-0.3, -0.25) is 9.59 Å². The van der Waals surface area contributed by atoms with Gasteiger partial charge in [0.2, 0.25) is 11.8 Å². The molecular formula is C23H25ClN2O4. The van der Waals surface area contributed by atoms with Crippen LogP contribution in [0.5, 0.6) is 0 Å². The number of aryl methyl sites for hydroxylation is 1. The SMILES string of the molecule is COC(=O)c1ccc(Cl)c(NC(=O)C2CCN(C(=O)CCc3ccccc3)CC2)c1. The first-order valence-electron chi connectivity index (χ1n) is 9.98. The largest absolute Gasteiger partial charge is 0.465 e. The Morgan fingerprint density at radius 3 is 2.47 bits per heavy atom. The first-order valence-corrected chi connectivity index (χ1v) is 10.4. The highest BCUT2D eigenvalue weighted by atomic mass is 35.5. The van der Waals surface area contributed by atoms with Crippen LogP contribution in [0.3, 0.4) is 0 Å². The fraction of sp³-hybridized carbons (Fsp3) is 0.348. The Labute approximate surface area is 181 Å². The van der Waals surface area contributed by atoms with Crippen molar-refractivity contribution in [3.05, 3.63) is 64.7 Å². The Morgan fingerprint density at radius 1 is 1.10 bits per heavy atom. The first-order chi connectivity index (χ1) is 14.5. The number of piperidine rings is 1. The molecule has 1 heterocycles. The molecule has 2 aromatic rings. The molecule has 1 aliphatic heterocycles. The number of anilines is 1. The van der Waals surface area contributed by atoms with Gasteiger partial charge in [-0.15, -0.1) is 0 Å². The van der Waals surface area contributed by atoms with Gasteiger partial charge in [0.25, 0.3) is 0 Å². The summed E-state index contributed by atoms with van der Waals surface area (Å²) < 4.78 is 4.70. The van der Waals surface area contributed by atoms with Crippen molar-refractivity contribution in [2.45, 2.75) is 25.7 Å². The summed E-state index contributed by atoms with van der Waals surface area (Å²) in [7, 11) is 1.30. The minimum Gasteiger partial charge on any atom is -0.465 e. The van der Waals surface area contributed by atoms with Crippen molar-refractivity contribution in [2.24, 2.45) is 5.92 Å². The molecule has 2 amide bonds. The summed E-state index contributed by atoms with van der Waals surface area (Å²) in [5.41, 5.74) is 1.84. The zero-order chi connectivity index (χ0) is 21.5. The number of hydrogen-bond acceptors (Lipinski definition) is 4. The second-order valence-electron chi connectivity index (χ2n) is 7.32. The molecule has 30 heavy (non-hydrogen) atoms. The third-order valence-electron chi connectivity index (χ3n) is 5.33. The van der Waals surface area contributed by atoms with E-state index in [2.05, 4.69) is 5.32 Å². The Morgan fingerprint density at radius 2 is 1.80 bits per heavy atom. The Balaban J connectivity index is 1.50. The molecule has 0 bridgehead atoms. The summed E-state index contributed by atoms with van der Waals surface area (Å²) in [6, 6.07) is 14.5. The number of benzene rings is 2. The van der Waals surface area contributed by atoms with E-state index in [1.54, 1.807) is 12.1 Å². The van der Waals surface area contributed by atoms with Gasteiger partial charge in [-0.1, -0.05) is 41.9 Å². The van der Waals surface area contributed by atoms with E-state index >= 15 is 0 Å². The molecule has 0 aromatic heterocycles. The predicted molar refractivity (Wildman–Crippen MR) is 115 cm³/mol. The van der Waals surface area contributed by atoms with Crippen LogP contribution in [-0.4, -0.2) is 42.9 Å². The number of rotatable bonds is 6. The highest BCUT2D eigenvalue weighted by Crippen LogP contribution is 2.26. The number of methoxy groups -OCH3 is 1. The highest BCUT2D eigenvalue weighted by Gasteiger charge is 2.27. The molecule has 3 rings (SSSR count). The number of likely N-dealkylation sites (tertiary alicyclic amines) is 1. The summed E-state index contributed by atoms with van der Waals surface area (Å²) in [5, 5.41) is 3.16. The number of carbonyl (C=O) groups is 3. The molecule has 1 aliphatic rings. The maximum absolute atomic E-state index is 12.7. The highest BCUT2D eigenvalue weighted by molar-refractivity contribution is 6.33. The summed E-state index contributed by atoms with van der Waals surface area (Å²) in [4.78, 5) is 38.7. The van der Waals surface area contributed by atoms with Crippen molar-refractivity contribution in [3.8, 4) is 0 Å². The lowest BCUT2D eigenvalue weighted by atomic mass is 9.95. The number of hydrogen-bond donors (Lipinski definition) is 1. The molecule has 2 aromatic carbocycles. The number of amides is 2. The van der Waals surface area contributed by atoms with Crippen molar-refractivity contribution < 1.29 is 19.1 Å². The van der Waals surface area contributed by atoms with Gasteiger partial charge in [-0.2, -0.15) is 0 Å². The molecule has 0 aliphatic carbocycles. The molecule has 0 atom stereocenters. The standard InChI is InChI=1S/C23H25ClN2O4/c1-30-23(29)18-8-9-19(24)20(15-18)25-22(28)17-11-13-26(14-12-17)21(27)10-7-16-5-3-2-4-6-16/h2-6,8-9,15,17H,7,10-14H2,1H3,(H,25,28). The number of ether oxygens (including phenoxy) is 1. The second-order valence-corrected chi connectivity index (χ2v) is 7.72. The average molecular weight is 429 g/mol. The summed E-state index contributed by atoms with van der Waals surface area (Å²) in [6.45, 7) is 1.11. The van der Waals surface area contributed by atoms with Crippen LogP contribution in [0.25, 0.3) is 0 Å². The van der Waals surface area contributed by atoms with Crippen molar-refractivity contribution >= 4 is 35.1 Å². The number of nitrogens with zero attached hydrogens (tertiary/aromatic N) is 1. The second kappa shape index (κ2) is 10.3. The summed E-state index contributed by atoms with van der Waals surface area (Å²) in [6.07, 6.45) is 2.38. The van der Waals surface area contributed by atoms with E-state index in [9.17, 15) is 14.4 Å². The molecule has 7 heteroatoms. The van der Waals surface area contributed by atoms with Gasteiger partial charge in [0, 0.05) is 25.4 Å². The number of nitrogens with one attached hydrogen (secondary N) is 1. The van der Waals surface area contributed by atoms with E-state index < -0.39 is 5.97 Å². The monoisotopic (exact) mass is 428 g/mol. The summed E-state index contributed by atoms with van der Waals surface area (Å²) in [5.74, 6) is -0.743. The van der Waals surface area contributed by atoms with E-state index in [0.29, 0.717) is 48.6 Å². The van der Waals surface area contributed by atoms with Crippen LogP contribution in [0, 0.1) is 5.92 Å². The fourth-order valence-corrected chi connectivity index (χ4v) is 3.71. The lowest BCUT2D eigenvalue weighted by molar-refractivity contribution is -0.134. The van der Waals surface area contributed by atoms with Gasteiger partial charge in [-0.05, 0) is 43.0 Å². The van der Waals surface area contributed by atoms with E-state index in [0.717, 1.165) is 12.0 Å². The molecule has 0 radical (unpaired) electrons. The van der Waals surface area contributed by atoms with Gasteiger partial charge in [0.05, 0.1) is 23.4 Å². The Kier molecular flexibility index (Phi) is 7.46.